The molecule has 3 N–H and O–H groups in total. The second-order valence-corrected chi connectivity index (χ2v) is 8.78. The summed E-state index contributed by atoms with van der Waals surface area (Å²) >= 11 is 7.23. The van der Waals surface area contributed by atoms with E-state index in [4.69, 9.17) is 16.3 Å². The largest absolute Gasteiger partial charge is 0.497 e. The van der Waals surface area contributed by atoms with Gasteiger partial charge >= 0.3 is 0 Å². The summed E-state index contributed by atoms with van der Waals surface area (Å²) in [4.78, 5) is 47.9. The number of fused-ring (bicyclic) bond motifs is 1. The molecule has 1 heterocycles. The van der Waals surface area contributed by atoms with E-state index in [1.54, 1.807) is 36.4 Å². The van der Waals surface area contributed by atoms with Gasteiger partial charge in [0.25, 0.3) is 23.4 Å². The zero-order valence-corrected chi connectivity index (χ0v) is 20.1. The molecule has 182 valence electrons. The van der Waals surface area contributed by atoms with Gasteiger partial charge in [-0.15, -0.1) is 11.3 Å². The number of halogens is 1. The number of carbonyl (C=O) groups is 3. The molecule has 0 saturated heterocycles. The van der Waals surface area contributed by atoms with E-state index in [9.17, 15) is 24.5 Å². The van der Waals surface area contributed by atoms with Gasteiger partial charge in [-0.25, -0.2) is 0 Å². The Labute approximate surface area is 213 Å². The minimum atomic E-state index is -0.666. The molecular formula is C24H17ClN4O6S. The summed E-state index contributed by atoms with van der Waals surface area (Å²) in [6.45, 7) is 0. The third kappa shape index (κ3) is 5.27. The molecule has 0 radical (unpaired) electrons. The lowest BCUT2D eigenvalue weighted by Gasteiger charge is -2.09. The number of ether oxygens (including phenoxy) is 1. The van der Waals surface area contributed by atoms with Crippen LogP contribution in [-0.4, -0.2) is 29.8 Å². The van der Waals surface area contributed by atoms with Crippen LogP contribution in [0.3, 0.4) is 0 Å². The maximum Gasteiger partial charge on any atom is 0.281 e. The number of rotatable bonds is 6. The molecule has 0 fully saturated rings. The Bertz CT molecular complexity index is 1490. The number of nitro benzene ring substituents is 1. The molecule has 12 heteroatoms. The van der Waals surface area contributed by atoms with Crippen LogP contribution in [0.5, 0.6) is 5.75 Å². The van der Waals surface area contributed by atoms with Crippen molar-refractivity contribution in [2.75, 3.05) is 12.4 Å². The maximum atomic E-state index is 12.6. The highest BCUT2D eigenvalue weighted by atomic mass is 35.5. The number of methoxy groups -OCH3 is 1. The molecule has 0 spiro atoms. The fourth-order valence-electron chi connectivity index (χ4n) is 3.21. The molecule has 3 amide bonds. The number of hydrazine groups is 1. The van der Waals surface area contributed by atoms with Gasteiger partial charge in [-0.3, -0.25) is 35.3 Å². The Hall–Kier alpha value is -4.48. The second kappa shape index (κ2) is 10.4. The third-order valence-corrected chi connectivity index (χ3v) is 6.73. The van der Waals surface area contributed by atoms with E-state index in [2.05, 4.69) is 16.2 Å². The van der Waals surface area contributed by atoms with Crippen LogP contribution in [0.1, 0.15) is 30.4 Å². The number of thiophene rings is 1. The van der Waals surface area contributed by atoms with Crippen molar-refractivity contribution in [3.63, 3.8) is 0 Å². The maximum absolute atomic E-state index is 12.6. The SMILES string of the molecule is COc1ccc(C(=O)Nc2ccc(C(=O)NNC(=O)c3sc4cc([N+](=O)[O-])ccc4c3Cl)cc2)cc1. The van der Waals surface area contributed by atoms with Gasteiger partial charge in [0.15, 0.2) is 0 Å². The fourth-order valence-corrected chi connectivity index (χ4v) is 4.65. The van der Waals surface area contributed by atoms with Gasteiger partial charge in [0, 0.05) is 39.0 Å². The first kappa shape index (κ1) is 24.6. The van der Waals surface area contributed by atoms with E-state index in [1.807, 2.05) is 0 Å². The molecule has 10 nitrogen and oxygen atoms in total. The summed E-state index contributed by atoms with van der Waals surface area (Å²) in [5.41, 5.74) is 5.61. The van der Waals surface area contributed by atoms with Crippen molar-refractivity contribution in [3.05, 3.63) is 97.9 Å². The van der Waals surface area contributed by atoms with Crippen molar-refractivity contribution in [2.24, 2.45) is 0 Å². The van der Waals surface area contributed by atoms with E-state index >= 15 is 0 Å². The monoisotopic (exact) mass is 524 g/mol. The van der Waals surface area contributed by atoms with E-state index in [0.717, 1.165) is 11.3 Å². The standard InChI is InChI=1S/C24H17ClN4O6S/c1-35-17-9-4-13(5-10-17)22(30)26-15-6-2-14(3-7-15)23(31)27-28-24(32)21-20(25)18-11-8-16(29(33)34)12-19(18)36-21/h2-12H,1H3,(H,26,30)(H,27,31)(H,28,32). The molecule has 3 aromatic carbocycles. The van der Waals surface area contributed by atoms with Gasteiger partial charge in [0.05, 0.1) is 17.1 Å². The molecule has 1 aromatic heterocycles. The van der Waals surface area contributed by atoms with Crippen molar-refractivity contribution in [1.29, 1.82) is 0 Å². The first-order valence-electron chi connectivity index (χ1n) is 10.3. The minimum absolute atomic E-state index is 0.101. The van der Waals surface area contributed by atoms with Crippen LogP contribution in [0.4, 0.5) is 11.4 Å². The van der Waals surface area contributed by atoms with Gasteiger partial charge in [-0.1, -0.05) is 11.6 Å². The molecule has 0 saturated carbocycles. The van der Waals surface area contributed by atoms with Crippen LogP contribution in [0.2, 0.25) is 5.02 Å². The van der Waals surface area contributed by atoms with Crippen LogP contribution >= 0.6 is 22.9 Å². The predicted molar refractivity (Wildman–Crippen MR) is 136 cm³/mol. The van der Waals surface area contributed by atoms with E-state index in [1.165, 1.54) is 37.4 Å². The Kier molecular flexibility index (Phi) is 7.13. The average Bonchev–Trinajstić information content (AvgIpc) is 3.23. The molecule has 4 rings (SSSR count). The van der Waals surface area contributed by atoms with Crippen molar-refractivity contribution < 1.29 is 24.0 Å². The Morgan fingerprint density at radius 2 is 1.50 bits per heavy atom. The van der Waals surface area contributed by atoms with Gasteiger partial charge in [-0.05, 0) is 54.6 Å². The first-order chi connectivity index (χ1) is 17.3. The number of non-ortho nitro benzene ring substituents is 1. The zero-order chi connectivity index (χ0) is 25.8. The van der Waals surface area contributed by atoms with Gasteiger partial charge in [0.1, 0.15) is 10.6 Å². The minimum Gasteiger partial charge on any atom is -0.497 e. The first-order valence-corrected chi connectivity index (χ1v) is 11.5. The van der Waals surface area contributed by atoms with Gasteiger partial charge in [0.2, 0.25) is 0 Å². The van der Waals surface area contributed by atoms with Crippen LogP contribution < -0.4 is 20.9 Å². The average molecular weight is 525 g/mol. The summed E-state index contributed by atoms with van der Waals surface area (Å²) in [5, 5.41) is 14.3. The number of anilines is 1. The molecule has 0 aliphatic carbocycles. The topological polar surface area (TPSA) is 140 Å². The van der Waals surface area contributed by atoms with Crippen LogP contribution in [-0.2, 0) is 0 Å². The normalized spacial score (nSPS) is 10.5. The van der Waals surface area contributed by atoms with Crippen molar-refractivity contribution in [1.82, 2.24) is 10.9 Å². The van der Waals surface area contributed by atoms with Crippen LogP contribution in [0.15, 0.2) is 66.7 Å². The molecule has 0 atom stereocenters. The molecule has 0 unspecified atom stereocenters. The Morgan fingerprint density at radius 1 is 0.889 bits per heavy atom. The number of hydrogen-bond donors (Lipinski definition) is 3. The highest BCUT2D eigenvalue weighted by Crippen LogP contribution is 2.37. The quantitative estimate of drug-likeness (QED) is 0.244. The van der Waals surface area contributed by atoms with Crippen LogP contribution in [0.25, 0.3) is 10.1 Å². The molecule has 4 aromatic rings. The molecule has 0 aliphatic heterocycles. The van der Waals surface area contributed by atoms with Crippen molar-refractivity contribution in [3.8, 4) is 5.75 Å². The predicted octanol–water partition coefficient (Wildman–Crippen LogP) is 4.80. The molecular weight excluding hydrogens is 508 g/mol. The fraction of sp³-hybridized carbons (Fsp3) is 0.0417. The number of amides is 3. The summed E-state index contributed by atoms with van der Waals surface area (Å²) in [6, 6.07) is 16.8. The Morgan fingerprint density at radius 3 is 2.14 bits per heavy atom. The third-order valence-electron chi connectivity index (χ3n) is 5.08. The van der Waals surface area contributed by atoms with Gasteiger partial charge < -0.3 is 10.1 Å². The number of hydrogen-bond acceptors (Lipinski definition) is 7. The van der Waals surface area contributed by atoms with E-state index in [-0.39, 0.29) is 27.1 Å². The highest BCUT2D eigenvalue weighted by Gasteiger charge is 2.20. The summed E-state index contributed by atoms with van der Waals surface area (Å²) in [5.74, 6) is -0.954. The number of nitrogens with one attached hydrogen (secondary N) is 3. The van der Waals surface area contributed by atoms with Crippen molar-refractivity contribution >= 4 is 62.1 Å². The Balaban J connectivity index is 1.37. The molecule has 0 bridgehead atoms. The molecule has 0 aliphatic rings. The van der Waals surface area contributed by atoms with Gasteiger partial charge in [-0.2, -0.15) is 0 Å². The van der Waals surface area contributed by atoms with Crippen molar-refractivity contribution in [2.45, 2.75) is 0 Å². The highest BCUT2D eigenvalue weighted by molar-refractivity contribution is 7.21. The number of nitro groups is 1. The summed E-state index contributed by atoms with van der Waals surface area (Å²) in [7, 11) is 1.53. The zero-order valence-electron chi connectivity index (χ0n) is 18.5. The second-order valence-electron chi connectivity index (χ2n) is 7.35. The van der Waals surface area contributed by atoms with Crippen LogP contribution in [0, 0.1) is 10.1 Å². The number of carbonyl (C=O) groups excluding carboxylic acids is 3. The lowest BCUT2D eigenvalue weighted by Crippen LogP contribution is -2.41. The number of benzene rings is 3. The smallest absolute Gasteiger partial charge is 0.281 e. The lowest BCUT2D eigenvalue weighted by molar-refractivity contribution is -0.384. The van der Waals surface area contributed by atoms with E-state index < -0.39 is 16.7 Å². The summed E-state index contributed by atoms with van der Waals surface area (Å²) < 4.78 is 5.54. The molecule has 36 heavy (non-hydrogen) atoms. The van der Waals surface area contributed by atoms with E-state index in [0.29, 0.717) is 27.1 Å². The lowest BCUT2D eigenvalue weighted by atomic mass is 10.1. The number of nitrogens with zero attached hydrogens (tertiary/aromatic N) is 1. The summed E-state index contributed by atoms with van der Waals surface area (Å²) in [6.07, 6.45) is 0.